The molecular weight excluding hydrogens is 408 g/mol. The maximum atomic E-state index is 13.4. The number of aryl methyl sites for hydroxylation is 2. The van der Waals surface area contributed by atoms with Gasteiger partial charge in [0.25, 0.3) is 5.91 Å². The number of nitrogens with zero attached hydrogens (tertiary/aromatic N) is 1. The van der Waals surface area contributed by atoms with Crippen molar-refractivity contribution in [1.29, 1.82) is 0 Å². The second-order valence-electron chi connectivity index (χ2n) is 7.55. The van der Waals surface area contributed by atoms with E-state index < -0.39 is 11.1 Å². The highest BCUT2D eigenvalue weighted by Gasteiger charge is 2.69. The van der Waals surface area contributed by atoms with Gasteiger partial charge in [-0.15, -0.1) is 0 Å². The van der Waals surface area contributed by atoms with E-state index in [4.69, 9.17) is 4.74 Å². The zero-order valence-electron chi connectivity index (χ0n) is 14.9. The number of amides is 3. The molecule has 1 N–H and O–H groups in total. The first-order valence-electron chi connectivity index (χ1n) is 9.13. The lowest BCUT2D eigenvalue weighted by molar-refractivity contribution is -0.138. The van der Waals surface area contributed by atoms with Crippen LogP contribution in [0.1, 0.15) is 29.5 Å². The van der Waals surface area contributed by atoms with E-state index in [0.717, 1.165) is 22.9 Å². The monoisotopic (exact) mass is 426 g/mol. The summed E-state index contributed by atoms with van der Waals surface area (Å²) < 4.78 is 7.38. The minimum atomic E-state index is -1.18. The molecule has 2 heterocycles. The Labute approximate surface area is 165 Å². The van der Waals surface area contributed by atoms with Gasteiger partial charge >= 0.3 is 6.03 Å². The van der Waals surface area contributed by atoms with Gasteiger partial charge in [-0.3, -0.25) is 9.69 Å². The van der Waals surface area contributed by atoms with Crippen LogP contribution in [0.15, 0.2) is 46.9 Å². The number of imide groups is 1. The van der Waals surface area contributed by atoms with Gasteiger partial charge < -0.3 is 10.1 Å². The van der Waals surface area contributed by atoms with Gasteiger partial charge in [-0.2, -0.15) is 0 Å². The van der Waals surface area contributed by atoms with Crippen LogP contribution in [-0.2, 0) is 23.2 Å². The van der Waals surface area contributed by atoms with E-state index in [0.29, 0.717) is 18.6 Å². The molecule has 0 radical (unpaired) electrons. The number of carbonyl (C=O) groups excluding carboxylic acids is 2. The van der Waals surface area contributed by atoms with Gasteiger partial charge in [-0.25, -0.2) is 4.79 Å². The van der Waals surface area contributed by atoms with Crippen LogP contribution in [0, 0.1) is 0 Å². The molecule has 1 atom stereocenters. The summed E-state index contributed by atoms with van der Waals surface area (Å²) >= 11 is 3.50. The fourth-order valence-corrected chi connectivity index (χ4v) is 5.23. The van der Waals surface area contributed by atoms with Crippen LogP contribution in [0.3, 0.4) is 0 Å². The first kappa shape index (κ1) is 16.8. The maximum absolute atomic E-state index is 13.4. The van der Waals surface area contributed by atoms with Gasteiger partial charge in [0.2, 0.25) is 0 Å². The molecule has 5 nitrogen and oxygen atoms in total. The Balaban J connectivity index is 1.69. The summed E-state index contributed by atoms with van der Waals surface area (Å²) in [4.78, 5) is 27.1. The van der Waals surface area contributed by atoms with Crippen molar-refractivity contribution in [2.45, 2.75) is 36.8 Å². The largest absolute Gasteiger partial charge is 0.483 e. The van der Waals surface area contributed by atoms with E-state index in [9.17, 15) is 9.59 Å². The van der Waals surface area contributed by atoms with E-state index in [2.05, 4.69) is 33.4 Å². The Morgan fingerprint density at radius 3 is 2.33 bits per heavy atom. The van der Waals surface area contributed by atoms with E-state index in [1.165, 1.54) is 23.1 Å². The highest BCUT2D eigenvalue weighted by molar-refractivity contribution is 9.10. The second-order valence-corrected chi connectivity index (χ2v) is 8.47. The van der Waals surface area contributed by atoms with Crippen LogP contribution in [-0.4, -0.2) is 29.5 Å². The van der Waals surface area contributed by atoms with Crippen molar-refractivity contribution in [3.8, 4) is 5.75 Å². The van der Waals surface area contributed by atoms with Crippen LogP contribution in [0.25, 0.3) is 0 Å². The quantitative estimate of drug-likeness (QED) is 0.655. The molecule has 2 spiro atoms. The van der Waals surface area contributed by atoms with Gasteiger partial charge in [-0.05, 0) is 55.0 Å². The van der Waals surface area contributed by atoms with Gasteiger partial charge in [0.05, 0.1) is 0 Å². The van der Waals surface area contributed by atoms with Crippen molar-refractivity contribution in [2.75, 3.05) is 7.05 Å². The standard InChI is InChI=1S/C21H19BrN2O3/c1-24-18(25)21(23-19(24)26)16-12-15(22)6-7-17(16)27-20(21)10-8-13-4-2-3-5-14(13)9-11-20/h2-7,12H,8-11H2,1H3,(H,23,26). The SMILES string of the molecule is CN1C(=O)NC2(C1=O)c1cc(Br)ccc1OC21CCc2ccccc2CC1. The molecule has 1 saturated heterocycles. The highest BCUT2D eigenvalue weighted by atomic mass is 79.9. The van der Waals surface area contributed by atoms with E-state index >= 15 is 0 Å². The molecule has 3 amide bonds. The summed E-state index contributed by atoms with van der Waals surface area (Å²) in [6.07, 6.45) is 2.94. The number of urea groups is 1. The minimum absolute atomic E-state index is 0.240. The molecule has 1 fully saturated rings. The number of hydrogen-bond donors (Lipinski definition) is 1. The lowest BCUT2D eigenvalue weighted by Crippen LogP contribution is -2.61. The Morgan fingerprint density at radius 1 is 1.07 bits per heavy atom. The Kier molecular flexibility index (Phi) is 3.47. The molecule has 2 aromatic carbocycles. The number of fused-ring (bicyclic) bond motifs is 4. The maximum Gasteiger partial charge on any atom is 0.325 e. The Morgan fingerprint density at radius 2 is 1.74 bits per heavy atom. The lowest BCUT2D eigenvalue weighted by Gasteiger charge is -2.39. The fraction of sp³-hybridized carbons (Fsp3) is 0.333. The normalized spacial score (nSPS) is 25.2. The van der Waals surface area contributed by atoms with E-state index in [1.54, 1.807) is 0 Å². The molecular formula is C21H19BrN2O3. The first-order valence-corrected chi connectivity index (χ1v) is 9.92. The van der Waals surface area contributed by atoms with E-state index in [-0.39, 0.29) is 11.9 Å². The predicted molar refractivity (Wildman–Crippen MR) is 104 cm³/mol. The van der Waals surface area contributed by atoms with Crippen LogP contribution in [0.5, 0.6) is 5.75 Å². The van der Waals surface area contributed by atoms with Crippen molar-refractivity contribution in [3.63, 3.8) is 0 Å². The van der Waals surface area contributed by atoms with Crippen molar-refractivity contribution >= 4 is 27.9 Å². The molecule has 0 bridgehead atoms. The van der Waals surface area contributed by atoms with Gasteiger partial charge in [0, 0.05) is 17.1 Å². The summed E-state index contributed by atoms with van der Waals surface area (Å²) in [5, 5.41) is 3.02. The molecule has 138 valence electrons. The van der Waals surface area contributed by atoms with Crippen LogP contribution < -0.4 is 10.1 Å². The average molecular weight is 427 g/mol. The van der Waals surface area contributed by atoms with Crippen LogP contribution >= 0.6 is 15.9 Å². The van der Waals surface area contributed by atoms with Gasteiger partial charge in [-0.1, -0.05) is 40.2 Å². The molecule has 0 saturated carbocycles. The number of hydrogen-bond acceptors (Lipinski definition) is 3. The molecule has 1 aliphatic carbocycles. The molecule has 5 rings (SSSR count). The van der Waals surface area contributed by atoms with Crippen LogP contribution in [0.2, 0.25) is 0 Å². The molecule has 27 heavy (non-hydrogen) atoms. The van der Waals surface area contributed by atoms with Crippen molar-refractivity contribution in [3.05, 3.63) is 63.6 Å². The molecule has 2 aromatic rings. The first-order chi connectivity index (χ1) is 13.0. The van der Waals surface area contributed by atoms with E-state index in [1.807, 2.05) is 30.3 Å². The molecule has 3 aliphatic rings. The zero-order valence-corrected chi connectivity index (χ0v) is 16.5. The summed E-state index contributed by atoms with van der Waals surface area (Å²) in [5.41, 5.74) is 1.34. The average Bonchev–Trinajstić information content (AvgIpc) is 2.96. The number of halogens is 1. The number of benzene rings is 2. The van der Waals surface area contributed by atoms with Crippen LogP contribution in [0.4, 0.5) is 4.79 Å². The predicted octanol–water partition coefficient (Wildman–Crippen LogP) is 3.54. The number of rotatable bonds is 0. The smallest absolute Gasteiger partial charge is 0.325 e. The number of likely N-dealkylation sites (N-methyl/N-ethyl adjacent to an activating group) is 1. The molecule has 6 heteroatoms. The second kappa shape index (κ2) is 5.58. The molecule has 2 aliphatic heterocycles. The minimum Gasteiger partial charge on any atom is -0.483 e. The number of nitrogens with one attached hydrogen (secondary N) is 1. The lowest BCUT2D eigenvalue weighted by atomic mass is 9.72. The number of ether oxygens (including phenoxy) is 1. The van der Waals surface area contributed by atoms with Crippen molar-refractivity contribution < 1.29 is 14.3 Å². The third-order valence-electron chi connectivity index (χ3n) is 6.27. The van der Waals surface area contributed by atoms with Gasteiger partial charge in [0.15, 0.2) is 5.54 Å². The summed E-state index contributed by atoms with van der Waals surface area (Å²) in [7, 11) is 1.53. The number of carbonyl (C=O) groups is 2. The topological polar surface area (TPSA) is 58.6 Å². The summed E-state index contributed by atoms with van der Waals surface area (Å²) in [6, 6.07) is 13.7. The summed E-state index contributed by atoms with van der Waals surface area (Å²) in [6.45, 7) is 0. The fourth-order valence-electron chi connectivity index (χ4n) is 4.87. The summed E-state index contributed by atoms with van der Waals surface area (Å²) in [5.74, 6) is 0.434. The Bertz CT molecular complexity index is 962. The Hall–Kier alpha value is -2.34. The molecule has 0 aromatic heterocycles. The third kappa shape index (κ3) is 2.10. The molecule has 1 unspecified atom stereocenters. The third-order valence-corrected chi connectivity index (χ3v) is 6.77. The highest BCUT2D eigenvalue weighted by Crippen LogP contribution is 2.55. The van der Waals surface area contributed by atoms with Crippen molar-refractivity contribution in [2.24, 2.45) is 0 Å². The van der Waals surface area contributed by atoms with Gasteiger partial charge in [0.1, 0.15) is 11.4 Å². The zero-order chi connectivity index (χ0) is 18.8. The van der Waals surface area contributed by atoms with Crippen molar-refractivity contribution in [1.82, 2.24) is 10.2 Å².